The summed E-state index contributed by atoms with van der Waals surface area (Å²) in [4.78, 5) is 14.5. The molecule has 0 fully saturated rings. The molecule has 0 aliphatic carbocycles. The average Bonchev–Trinajstić information content (AvgIpc) is 3.71. The van der Waals surface area contributed by atoms with Crippen LogP contribution in [0.25, 0.3) is 83.7 Å². The molecule has 9 rings (SSSR count). The van der Waals surface area contributed by atoms with E-state index in [-0.39, 0.29) is 0 Å². The summed E-state index contributed by atoms with van der Waals surface area (Å²) in [6.07, 6.45) is 3.72. The van der Waals surface area contributed by atoms with Gasteiger partial charge in [-0.15, -0.1) is 0 Å². The Morgan fingerprint density at radius 3 is 2.00 bits per heavy atom. The van der Waals surface area contributed by atoms with Gasteiger partial charge in [-0.05, 0) is 64.7 Å². The molecule has 3 aromatic heterocycles. The van der Waals surface area contributed by atoms with Crippen molar-refractivity contribution in [3.8, 4) is 50.7 Å². The molecular weight excluding hydrogens is 564 g/mol. The third-order valence-electron chi connectivity index (χ3n) is 8.54. The van der Waals surface area contributed by atoms with Crippen LogP contribution in [0, 0.1) is 0 Å². The second kappa shape index (κ2) is 10.7. The number of furan rings is 1. The summed E-state index contributed by atoms with van der Waals surface area (Å²) in [6, 6.07) is 50.0. The van der Waals surface area contributed by atoms with Crippen molar-refractivity contribution in [2.45, 2.75) is 0 Å². The second-order valence-corrected chi connectivity index (χ2v) is 11.3. The molecule has 0 saturated carbocycles. The molecule has 3 heterocycles. The first kappa shape index (κ1) is 26.1. The lowest BCUT2D eigenvalue weighted by Crippen LogP contribution is -1.98. The van der Waals surface area contributed by atoms with E-state index in [0.29, 0.717) is 5.82 Å². The van der Waals surface area contributed by atoms with Crippen LogP contribution in [0.3, 0.4) is 0 Å². The fraction of sp³-hybridized carbons (Fsp3) is 0. The van der Waals surface area contributed by atoms with Crippen molar-refractivity contribution in [1.29, 1.82) is 0 Å². The minimum Gasteiger partial charge on any atom is -0.456 e. The van der Waals surface area contributed by atoms with Gasteiger partial charge in [-0.25, -0.2) is 15.0 Å². The maximum atomic E-state index is 6.35. The zero-order valence-electron chi connectivity index (χ0n) is 24.7. The zero-order chi connectivity index (χ0) is 30.5. The molecule has 0 saturated heterocycles. The third kappa shape index (κ3) is 4.37. The van der Waals surface area contributed by atoms with Crippen LogP contribution >= 0.6 is 0 Å². The lowest BCUT2D eigenvalue weighted by Gasteiger charge is -2.10. The van der Waals surface area contributed by atoms with Crippen LogP contribution in [0.2, 0.25) is 0 Å². The van der Waals surface area contributed by atoms with Gasteiger partial charge in [0.1, 0.15) is 17.0 Å². The quantitative estimate of drug-likeness (QED) is 0.200. The molecule has 0 spiro atoms. The van der Waals surface area contributed by atoms with Gasteiger partial charge in [0.15, 0.2) is 5.82 Å². The zero-order valence-corrected chi connectivity index (χ0v) is 24.7. The van der Waals surface area contributed by atoms with Crippen LogP contribution < -0.4 is 0 Å². The van der Waals surface area contributed by atoms with E-state index >= 15 is 0 Å². The number of hydrogen-bond donors (Lipinski definition) is 0. The highest BCUT2D eigenvalue weighted by Gasteiger charge is 2.16. The highest BCUT2D eigenvalue weighted by atomic mass is 16.3. The molecule has 5 heteroatoms. The van der Waals surface area contributed by atoms with Crippen molar-refractivity contribution in [3.63, 3.8) is 0 Å². The molecule has 46 heavy (non-hydrogen) atoms. The lowest BCUT2D eigenvalue weighted by molar-refractivity contribution is 0.669. The summed E-state index contributed by atoms with van der Waals surface area (Å²) in [5, 5.41) is 2.22. The SMILES string of the molecule is c1ccc(-c2ccc3c(c2)oc2cccc(-c4ccc(-c5ncc(-c6nc7ccccc7n6-c6ccccc6)cn5)cc4)c23)cc1. The number of fused-ring (bicyclic) bond motifs is 4. The lowest BCUT2D eigenvalue weighted by atomic mass is 9.97. The molecule has 216 valence electrons. The average molecular weight is 591 g/mol. The monoisotopic (exact) mass is 590 g/mol. The Kier molecular flexibility index (Phi) is 6.06. The molecule has 0 radical (unpaired) electrons. The van der Waals surface area contributed by atoms with Crippen LogP contribution in [0.15, 0.2) is 162 Å². The maximum absolute atomic E-state index is 6.35. The number of benzene rings is 6. The summed E-state index contributed by atoms with van der Waals surface area (Å²) in [5.74, 6) is 1.48. The normalized spacial score (nSPS) is 11.5. The van der Waals surface area contributed by atoms with Gasteiger partial charge in [0.25, 0.3) is 0 Å². The topological polar surface area (TPSA) is 56.7 Å². The molecule has 0 atom stereocenters. The molecule has 0 amide bonds. The van der Waals surface area contributed by atoms with E-state index < -0.39 is 0 Å². The maximum Gasteiger partial charge on any atom is 0.159 e. The Bertz CT molecular complexity index is 2500. The van der Waals surface area contributed by atoms with Crippen LogP contribution in [-0.4, -0.2) is 19.5 Å². The Hall–Kier alpha value is -6.33. The highest BCUT2D eigenvalue weighted by Crippen LogP contribution is 2.38. The molecule has 0 aliphatic heterocycles. The van der Waals surface area contributed by atoms with Crippen LogP contribution in [-0.2, 0) is 0 Å². The van der Waals surface area contributed by atoms with Gasteiger partial charge in [-0.3, -0.25) is 4.57 Å². The van der Waals surface area contributed by atoms with Crippen molar-refractivity contribution >= 4 is 33.0 Å². The smallest absolute Gasteiger partial charge is 0.159 e. The van der Waals surface area contributed by atoms with Crippen molar-refractivity contribution in [2.75, 3.05) is 0 Å². The second-order valence-electron chi connectivity index (χ2n) is 11.3. The van der Waals surface area contributed by atoms with Gasteiger partial charge in [-0.1, -0.05) is 103 Å². The molecule has 0 N–H and O–H groups in total. The molecule has 5 nitrogen and oxygen atoms in total. The predicted octanol–water partition coefficient (Wildman–Crippen LogP) is 10.4. The molecular formula is C41H26N4O. The first-order chi connectivity index (χ1) is 22.8. The number of imidazole rings is 1. The van der Waals surface area contributed by atoms with E-state index in [9.17, 15) is 0 Å². The molecule has 9 aromatic rings. The number of para-hydroxylation sites is 3. The minimum absolute atomic E-state index is 0.665. The van der Waals surface area contributed by atoms with E-state index in [0.717, 1.165) is 72.3 Å². The Morgan fingerprint density at radius 2 is 1.20 bits per heavy atom. The summed E-state index contributed by atoms with van der Waals surface area (Å²) in [5.41, 5.74) is 11.1. The summed E-state index contributed by atoms with van der Waals surface area (Å²) in [6.45, 7) is 0. The molecule has 0 aliphatic rings. The largest absolute Gasteiger partial charge is 0.456 e. The van der Waals surface area contributed by atoms with Crippen molar-refractivity contribution in [2.24, 2.45) is 0 Å². The first-order valence-corrected chi connectivity index (χ1v) is 15.3. The van der Waals surface area contributed by atoms with E-state index in [2.05, 4.69) is 102 Å². The third-order valence-corrected chi connectivity index (χ3v) is 8.54. The van der Waals surface area contributed by atoms with E-state index in [1.54, 1.807) is 0 Å². The van der Waals surface area contributed by atoms with Crippen LogP contribution in [0.1, 0.15) is 0 Å². The van der Waals surface area contributed by atoms with Crippen molar-refractivity contribution < 1.29 is 4.42 Å². The van der Waals surface area contributed by atoms with Gasteiger partial charge in [0.2, 0.25) is 0 Å². The molecule has 0 unspecified atom stereocenters. The fourth-order valence-electron chi connectivity index (χ4n) is 6.33. The van der Waals surface area contributed by atoms with E-state index in [1.165, 1.54) is 5.56 Å². The van der Waals surface area contributed by atoms with Gasteiger partial charge in [-0.2, -0.15) is 0 Å². The van der Waals surface area contributed by atoms with Crippen molar-refractivity contribution in [3.05, 3.63) is 158 Å². The Morgan fingerprint density at radius 1 is 0.500 bits per heavy atom. The van der Waals surface area contributed by atoms with Crippen LogP contribution in [0.4, 0.5) is 0 Å². The fourth-order valence-corrected chi connectivity index (χ4v) is 6.33. The van der Waals surface area contributed by atoms with E-state index in [1.807, 2.05) is 60.9 Å². The van der Waals surface area contributed by atoms with Gasteiger partial charge >= 0.3 is 0 Å². The van der Waals surface area contributed by atoms with Gasteiger partial charge < -0.3 is 4.42 Å². The van der Waals surface area contributed by atoms with Gasteiger partial charge in [0, 0.05) is 34.4 Å². The highest BCUT2D eigenvalue weighted by molar-refractivity contribution is 6.13. The number of aromatic nitrogens is 4. The summed E-state index contributed by atoms with van der Waals surface area (Å²) >= 11 is 0. The first-order valence-electron chi connectivity index (χ1n) is 15.3. The summed E-state index contributed by atoms with van der Waals surface area (Å²) in [7, 11) is 0. The number of hydrogen-bond acceptors (Lipinski definition) is 4. The van der Waals surface area contributed by atoms with Crippen molar-refractivity contribution in [1.82, 2.24) is 19.5 Å². The molecule has 6 aromatic carbocycles. The number of nitrogens with zero attached hydrogens (tertiary/aromatic N) is 4. The minimum atomic E-state index is 0.665. The number of rotatable bonds is 5. The van der Waals surface area contributed by atoms with Gasteiger partial charge in [0.05, 0.1) is 16.6 Å². The predicted molar refractivity (Wildman–Crippen MR) is 186 cm³/mol. The standard InChI is InChI=1S/C41H26N4O/c1-3-10-27(11-4-1)30-22-23-34-38(24-30)46-37-17-9-14-33(39(34)37)28-18-20-29(21-19-28)40-42-25-31(26-43-40)41-44-35-15-7-8-16-36(35)45(41)32-12-5-2-6-13-32/h1-26H. The summed E-state index contributed by atoms with van der Waals surface area (Å²) < 4.78 is 8.50. The van der Waals surface area contributed by atoms with E-state index in [4.69, 9.17) is 19.4 Å². The Balaban J connectivity index is 1.05. The Labute approximate surface area is 265 Å². The van der Waals surface area contributed by atoms with Crippen LogP contribution in [0.5, 0.6) is 0 Å². The molecule has 0 bridgehead atoms.